The van der Waals surface area contributed by atoms with Gasteiger partial charge in [0.25, 0.3) is 0 Å². The largest absolute Gasteiger partial charge is 0.353 e. The minimum Gasteiger partial charge on any atom is -0.353 e. The highest BCUT2D eigenvalue weighted by atomic mass is 16.2. The van der Waals surface area contributed by atoms with E-state index < -0.39 is 0 Å². The molecule has 4 nitrogen and oxygen atoms in total. The van der Waals surface area contributed by atoms with Crippen LogP contribution in [0, 0.1) is 0 Å². The Hall–Kier alpha value is -3.14. The number of fused-ring (bicyclic) bond motifs is 1. The van der Waals surface area contributed by atoms with E-state index in [4.69, 9.17) is 0 Å². The van der Waals surface area contributed by atoms with Gasteiger partial charge in [-0.15, -0.1) is 0 Å². The molecule has 0 aromatic heterocycles. The van der Waals surface area contributed by atoms with Gasteiger partial charge in [0.05, 0.1) is 0 Å². The maximum Gasteiger partial charge on any atom is 0.222 e. The third-order valence-electron chi connectivity index (χ3n) is 6.14. The molecular weight excluding hydrogens is 384 g/mol. The molecule has 4 heteroatoms. The summed E-state index contributed by atoms with van der Waals surface area (Å²) in [4.78, 5) is 26.9. The summed E-state index contributed by atoms with van der Waals surface area (Å²) in [6.07, 6.45) is 4.23. The fourth-order valence-electron chi connectivity index (χ4n) is 4.28. The summed E-state index contributed by atoms with van der Waals surface area (Å²) in [5.74, 6) is 0.312. The topological polar surface area (TPSA) is 49.4 Å². The number of aryl methyl sites for hydroxylation is 2. The number of amides is 2. The zero-order chi connectivity index (χ0) is 21.5. The first kappa shape index (κ1) is 21.1. The van der Waals surface area contributed by atoms with Crippen molar-refractivity contribution in [2.45, 2.75) is 44.6 Å². The molecule has 3 aromatic rings. The summed E-state index contributed by atoms with van der Waals surface area (Å²) >= 11 is 0. The van der Waals surface area contributed by atoms with Crippen LogP contribution in [-0.4, -0.2) is 35.8 Å². The van der Waals surface area contributed by atoms with Crippen molar-refractivity contribution in [3.63, 3.8) is 0 Å². The Morgan fingerprint density at radius 3 is 2.23 bits per heavy atom. The Bertz CT molecular complexity index is 1020. The highest BCUT2D eigenvalue weighted by Crippen LogP contribution is 2.18. The zero-order valence-electron chi connectivity index (χ0n) is 17.9. The van der Waals surface area contributed by atoms with Crippen molar-refractivity contribution in [2.24, 2.45) is 0 Å². The summed E-state index contributed by atoms with van der Waals surface area (Å²) in [7, 11) is 0. The molecule has 2 amide bonds. The van der Waals surface area contributed by atoms with Gasteiger partial charge in [-0.3, -0.25) is 9.59 Å². The smallest absolute Gasteiger partial charge is 0.222 e. The molecule has 31 heavy (non-hydrogen) atoms. The molecule has 160 valence electrons. The third-order valence-corrected chi connectivity index (χ3v) is 6.14. The quantitative estimate of drug-likeness (QED) is 0.618. The molecule has 1 aliphatic heterocycles. The third kappa shape index (κ3) is 5.94. The van der Waals surface area contributed by atoms with E-state index in [0.29, 0.717) is 12.8 Å². The summed E-state index contributed by atoms with van der Waals surface area (Å²) < 4.78 is 0. The van der Waals surface area contributed by atoms with E-state index in [9.17, 15) is 9.59 Å². The van der Waals surface area contributed by atoms with E-state index >= 15 is 0 Å². The van der Waals surface area contributed by atoms with Crippen molar-refractivity contribution in [3.05, 3.63) is 83.9 Å². The van der Waals surface area contributed by atoms with Crippen LogP contribution in [0.25, 0.3) is 10.8 Å². The second kappa shape index (κ2) is 10.3. The molecule has 0 bridgehead atoms. The molecule has 0 unspecified atom stereocenters. The van der Waals surface area contributed by atoms with Crippen LogP contribution in [0.5, 0.6) is 0 Å². The van der Waals surface area contributed by atoms with Gasteiger partial charge in [-0.1, -0.05) is 72.8 Å². The zero-order valence-corrected chi connectivity index (χ0v) is 17.9. The lowest BCUT2D eigenvalue weighted by atomic mass is 10.0. The number of carbonyl (C=O) groups excluding carboxylic acids is 2. The molecule has 0 spiro atoms. The van der Waals surface area contributed by atoms with E-state index in [0.717, 1.165) is 38.8 Å². The van der Waals surface area contributed by atoms with Gasteiger partial charge in [-0.2, -0.15) is 0 Å². The summed E-state index contributed by atoms with van der Waals surface area (Å²) in [5.41, 5.74) is 2.39. The number of likely N-dealkylation sites (tertiary alicyclic amines) is 1. The Balaban J connectivity index is 1.18. The summed E-state index contributed by atoms with van der Waals surface area (Å²) in [5, 5.41) is 5.59. The van der Waals surface area contributed by atoms with Crippen LogP contribution in [0.3, 0.4) is 0 Å². The van der Waals surface area contributed by atoms with Gasteiger partial charge in [0.2, 0.25) is 11.8 Å². The SMILES string of the molecule is O=C(CCc1ccccc1)NC1CCN(C(=O)CCc2ccc3ccccc3c2)CC1. The Morgan fingerprint density at radius 1 is 0.774 bits per heavy atom. The van der Waals surface area contributed by atoms with Crippen molar-refractivity contribution in [1.82, 2.24) is 10.2 Å². The van der Waals surface area contributed by atoms with Gasteiger partial charge in [-0.05, 0) is 47.6 Å². The molecule has 1 fully saturated rings. The minimum atomic E-state index is 0.102. The second-order valence-electron chi connectivity index (χ2n) is 8.39. The summed E-state index contributed by atoms with van der Waals surface area (Å²) in [6, 6.07) is 25.0. The van der Waals surface area contributed by atoms with Gasteiger partial charge < -0.3 is 10.2 Å². The number of hydrogen-bond acceptors (Lipinski definition) is 2. The maximum atomic E-state index is 12.7. The Kier molecular flexibility index (Phi) is 6.98. The highest BCUT2D eigenvalue weighted by Gasteiger charge is 2.23. The first-order valence-electron chi connectivity index (χ1n) is 11.3. The lowest BCUT2D eigenvalue weighted by Crippen LogP contribution is -2.46. The summed E-state index contributed by atoms with van der Waals surface area (Å²) in [6.45, 7) is 1.44. The molecule has 0 radical (unpaired) electrons. The number of hydrogen-bond donors (Lipinski definition) is 1. The second-order valence-corrected chi connectivity index (χ2v) is 8.39. The van der Waals surface area contributed by atoms with E-state index in [1.165, 1.54) is 21.9 Å². The van der Waals surface area contributed by atoms with E-state index in [1.54, 1.807) is 0 Å². The Morgan fingerprint density at radius 2 is 1.45 bits per heavy atom. The number of nitrogens with zero attached hydrogens (tertiary/aromatic N) is 1. The fraction of sp³-hybridized carbons (Fsp3) is 0.333. The Labute approximate surface area is 184 Å². The normalized spacial score (nSPS) is 14.5. The molecule has 1 saturated heterocycles. The van der Waals surface area contributed by atoms with Crippen molar-refractivity contribution in [3.8, 4) is 0 Å². The first-order chi connectivity index (χ1) is 15.2. The molecule has 1 aliphatic rings. The van der Waals surface area contributed by atoms with Crippen molar-refractivity contribution in [1.29, 1.82) is 0 Å². The number of benzene rings is 3. The van der Waals surface area contributed by atoms with Crippen LogP contribution in [0.1, 0.15) is 36.8 Å². The first-order valence-corrected chi connectivity index (χ1v) is 11.3. The van der Waals surface area contributed by atoms with Crippen LogP contribution in [-0.2, 0) is 22.4 Å². The molecule has 0 atom stereocenters. The standard InChI is InChI=1S/C27H30N2O2/c30-26(14-11-21-6-2-1-3-7-21)28-25-16-18-29(19-17-25)27(31)15-12-22-10-13-23-8-4-5-9-24(23)20-22/h1-10,13,20,25H,11-12,14-19H2,(H,28,30). The number of rotatable bonds is 7. The van der Waals surface area contributed by atoms with Gasteiger partial charge in [0, 0.05) is 32.0 Å². The number of carbonyl (C=O) groups is 2. The van der Waals surface area contributed by atoms with Crippen molar-refractivity contribution >= 4 is 22.6 Å². The molecule has 0 saturated carbocycles. The number of nitrogens with one attached hydrogen (secondary N) is 1. The van der Waals surface area contributed by atoms with Crippen LogP contribution in [0.15, 0.2) is 72.8 Å². The molecular formula is C27H30N2O2. The van der Waals surface area contributed by atoms with Crippen LogP contribution >= 0.6 is 0 Å². The van der Waals surface area contributed by atoms with Gasteiger partial charge in [0.1, 0.15) is 0 Å². The molecule has 3 aromatic carbocycles. The number of piperidine rings is 1. The van der Waals surface area contributed by atoms with Crippen molar-refractivity contribution < 1.29 is 9.59 Å². The molecule has 1 heterocycles. The minimum absolute atomic E-state index is 0.102. The van der Waals surface area contributed by atoms with E-state index in [1.807, 2.05) is 35.2 Å². The van der Waals surface area contributed by atoms with E-state index in [-0.39, 0.29) is 17.9 Å². The fourth-order valence-corrected chi connectivity index (χ4v) is 4.28. The monoisotopic (exact) mass is 414 g/mol. The van der Waals surface area contributed by atoms with E-state index in [2.05, 4.69) is 47.8 Å². The van der Waals surface area contributed by atoms with Crippen LogP contribution in [0.2, 0.25) is 0 Å². The predicted octanol–water partition coefficient (Wildman–Crippen LogP) is 4.51. The molecule has 1 N–H and O–H groups in total. The van der Waals surface area contributed by atoms with Crippen molar-refractivity contribution in [2.75, 3.05) is 13.1 Å². The average Bonchev–Trinajstić information content (AvgIpc) is 2.82. The van der Waals surface area contributed by atoms with Crippen LogP contribution in [0.4, 0.5) is 0 Å². The highest BCUT2D eigenvalue weighted by molar-refractivity contribution is 5.83. The average molecular weight is 415 g/mol. The van der Waals surface area contributed by atoms with Gasteiger partial charge in [-0.25, -0.2) is 0 Å². The lowest BCUT2D eigenvalue weighted by Gasteiger charge is -2.32. The van der Waals surface area contributed by atoms with Gasteiger partial charge in [0.15, 0.2) is 0 Å². The van der Waals surface area contributed by atoms with Gasteiger partial charge >= 0.3 is 0 Å². The molecule has 0 aliphatic carbocycles. The van der Waals surface area contributed by atoms with Crippen LogP contribution < -0.4 is 5.32 Å². The lowest BCUT2D eigenvalue weighted by molar-refractivity contribution is -0.132. The predicted molar refractivity (Wildman–Crippen MR) is 125 cm³/mol. The maximum absolute atomic E-state index is 12.7. The molecule has 4 rings (SSSR count).